The van der Waals surface area contributed by atoms with E-state index < -0.39 is 6.61 Å². The van der Waals surface area contributed by atoms with Gasteiger partial charge in [-0.3, -0.25) is 9.78 Å². The second kappa shape index (κ2) is 7.22. The number of hydrogen-bond acceptors (Lipinski definition) is 5. The highest BCUT2D eigenvalue weighted by Gasteiger charge is 2.32. The van der Waals surface area contributed by atoms with Gasteiger partial charge in [0.2, 0.25) is 5.88 Å². The first-order valence-electron chi connectivity index (χ1n) is 8.42. The molecule has 0 bridgehead atoms. The van der Waals surface area contributed by atoms with Crippen LogP contribution in [0.25, 0.3) is 11.3 Å². The molecule has 3 heterocycles. The lowest BCUT2D eigenvalue weighted by Crippen LogP contribution is -2.23. The van der Waals surface area contributed by atoms with Crippen molar-refractivity contribution >= 4 is 11.6 Å². The summed E-state index contributed by atoms with van der Waals surface area (Å²) < 4.78 is 34.2. The Labute approximate surface area is 159 Å². The number of ether oxygens (including phenoxy) is 2. The number of fused-ring (bicyclic) bond motifs is 1. The van der Waals surface area contributed by atoms with E-state index in [1.165, 1.54) is 23.2 Å². The predicted octanol–water partition coefficient (Wildman–Crippen LogP) is 3.91. The first-order chi connectivity index (χ1) is 13.6. The molecule has 6 nitrogen and oxygen atoms in total. The van der Waals surface area contributed by atoms with Crippen LogP contribution in [0.15, 0.2) is 54.9 Å². The van der Waals surface area contributed by atoms with Crippen LogP contribution in [-0.2, 0) is 6.54 Å². The van der Waals surface area contributed by atoms with Crippen LogP contribution in [0.1, 0.15) is 15.9 Å². The molecule has 8 heteroatoms. The monoisotopic (exact) mass is 383 g/mol. The third-order valence-electron chi connectivity index (χ3n) is 4.45. The number of pyridine rings is 2. The summed E-state index contributed by atoms with van der Waals surface area (Å²) in [6.45, 7) is -2.67. The molecule has 1 aliphatic rings. The Morgan fingerprint density at radius 3 is 2.61 bits per heavy atom. The lowest BCUT2D eigenvalue weighted by molar-refractivity contribution is -0.0528. The topological polar surface area (TPSA) is 64.6 Å². The quantitative estimate of drug-likeness (QED) is 0.668. The fourth-order valence-corrected chi connectivity index (χ4v) is 3.20. The summed E-state index contributed by atoms with van der Waals surface area (Å²) in [5, 5.41) is 0. The van der Waals surface area contributed by atoms with Gasteiger partial charge in [-0.05, 0) is 24.3 Å². The van der Waals surface area contributed by atoms with E-state index in [0.717, 1.165) is 11.1 Å². The van der Waals surface area contributed by atoms with E-state index in [-0.39, 0.29) is 18.3 Å². The molecular formula is C20H15F2N3O3. The third-order valence-corrected chi connectivity index (χ3v) is 4.45. The lowest BCUT2D eigenvalue weighted by atomic mass is 10.0. The average molecular weight is 383 g/mol. The lowest BCUT2D eigenvalue weighted by Gasteiger charge is -2.16. The Kier molecular flexibility index (Phi) is 4.60. The maximum Gasteiger partial charge on any atom is 0.388 e. The van der Waals surface area contributed by atoms with Crippen molar-refractivity contribution in [2.75, 3.05) is 12.0 Å². The number of anilines is 1. The summed E-state index contributed by atoms with van der Waals surface area (Å²) in [4.78, 5) is 22.7. The number of amides is 1. The molecule has 1 amide bonds. The zero-order valence-electron chi connectivity index (χ0n) is 14.8. The molecule has 4 rings (SSSR count). The molecule has 1 aliphatic heterocycles. The summed E-state index contributed by atoms with van der Waals surface area (Å²) in [6.07, 6.45) is 2.91. The average Bonchev–Trinajstić information content (AvgIpc) is 3.05. The summed E-state index contributed by atoms with van der Waals surface area (Å²) in [5.74, 6) is 0.238. The Balaban J connectivity index is 1.69. The van der Waals surface area contributed by atoms with Crippen LogP contribution in [0.4, 0.5) is 14.5 Å². The molecule has 142 valence electrons. The Morgan fingerprint density at radius 2 is 1.89 bits per heavy atom. The van der Waals surface area contributed by atoms with E-state index in [1.807, 2.05) is 24.3 Å². The number of rotatable bonds is 5. The van der Waals surface area contributed by atoms with E-state index in [9.17, 15) is 13.6 Å². The molecule has 1 aromatic carbocycles. The van der Waals surface area contributed by atoms with Crippen LogP contribution in [0.3, 0.4) is 0 Å². The molecule has 0 fully saturated rings. The molecule has 0 atom stereocenters. The zero-order valence-corrected chi connectivity index (χ0v) is 14.8. The number of carbonyl (C=O) groups is 1. The van der Waals surface area contributed by atoms with E-state index >= 15 is 0 Å². The second-order valence-corrected chi connectivity index (χ2v) is 6.01. The number of para-hydroxylation sites is 1. The molecule has 0 saturated heterocycles. The van der Waals surface area contributed by atoms with E-state index in [2.05, 4.69) is 14.7 Å². The van der Waals surface area contributed by atoms with Gasteiger partial charge in [-0.15, -0.1) is 0 Å². The summed E-state index contributed by atoms with van der Waals surface area (Å²) >= 11 is 0. The number of alkyl halides is 2. The van der Waals surface area contributed by atoms with Gasteiger partial charge in [-0.2, -0.15) is 8.78 Å². The minimum atomic E-state index is -2.95. The Hall–Kier alpha value is -3.55. The smallest absolute Gasteiger partial charge is 0.388 e. The second-order valence-electron chi connectivity index (χ2n) is 6.01. The number of aromatic nitrogens is 2. The van der Waals surface area contributed by atoms with Crippen molar-refractivity contribution in [3.05, 3.63) is 66.0 Å². The van der Waals surface area contributed by atoms with Gasteiger partial charge >= 0.3 is 6.61 Å². The largest absolute Gasteiger partial charge is 0.496 e. The van der Waals surface area contributed by atoms with Gasteiger partial charge in [0.15, 0.2) is 0 Å². The number of methoxy groups -OCH3 is 1. The zero-order chi connectivity index (χ0) is 19.7. The van der Waals surface area contributed by atoms with Gasteiger partial charge in [0, 0.05) is 29.0 Å². The van der Waals surface area contributed by atoms with Crippen LogP contribution in [0.5, 0.6) is 11.6 Å². The van der Waals surface area contributed by atoms with Gasteiger partial charge < -0.3 is 14.4 Å². The molecule has 0 unspecified atom stereocenters. The number of carbonyl (C=O) groups excluding carboxylic acids is 1. The maximum absolute atomic E-state index is 12.9. The molecule has 0 spiro atoms. The van der Waals surface area contributed by atoms with Crippen LogP contribution in [0, 0.1) is 0 Å². The first-order valence-corrected chi connectivity index (χ1v) is 8.42. The highest BCUT2D eigenvalue weighted by Crippen LogP contribution is 2.37. The van der Waals surface area contributed by atoms with E-state index in [0.29, 0.717) is 22.7 Å². The van der Waals surface area contributed by atoms with Crippen molar-refractivity contribution in [2.45, 2.75) is 13.2 Å². The highest BCUT2D eigenvalue weighted by atomic mass is 19.3. The number of halogens is 2. The van der Waals surface area contributed by atoms with Crippen molar-refractivity contribution in [1.29, 1.82) is 0 Å². The van der Waals surface area contributed by atoms with Crippen molar-refractivity contribution in [3.8, 4) is 22.9 Å². The SMILES string of the molecule is COc1ccccc1-c1nccc2c1CN(c1ccc(OC(F)F)nc1)C2=O. The number of benzene rings is 1. The molecule has 0 N–H and O–H groups in total. The molecule has 2 aromatic heterocycles. The molecule has 0 aliphatic carbocycles. The first kappa shape index (κ1) is 17.8. The van der Waals surface area contributed by atoms with Crippen LogP contribution >= 0.6 is 0 Å². The normalized spacial score (nSPS) is 13.0. The summed E-state index contributed by atoms with van der Waals surface area (Å²) in [5.41, 5.74) is 3.23. The van der Waals surface area contributed by atoms with Crippen molar-refractivity contribution in [3.63, 3.8) is 0 Å². The van der Waals surface area contributed by atoms with Crippen LogP contribution in [-0.4, -0.2) is 29.6 Å². The molecule has 0 saturated carbocycles. The van der Waals surface area contributed by atoms with E-state index in [1.54, 1.807) is 19.4 Å². The van der Waals surface area contributed by atoms with Crippen LogP contribution in [0.2, 0.25) is 0 Å². The Morgan fingerprint density at radius 1 is 1.07 bits per heavy atom. The van der Waals surface area contributed by atoms with Crippen molar-refractivity contribution < 1.29 is 23.0 Å². The van der Waals surface area contributed by atoms with Crippen LogP contribution < -0.4 is 14.4 Å². The van der Waals surface area contributed by atoms with Gasteiger partial charge in [-0.25, -0.2) is 4.98 Å². The van der Waals surface area contributed by atoms with Gasteiger partial charge in [0.1, 0.15) is 5.75 Å². The standard InChI is InChI=1S/C20H15F2N3O3/c1-27-16-5-3-2-4-14(16)18-15-11-25(19(26)13(15)8-9-23-18)12-6-7-17(24-10-12)28-20(21)22/h2-10,20H,11H2,1H3. The van der Waals surface area contributed by atoms with Gasteiger partial charge in [0.25, 0.3) is 5.91 Å². The Bertz CT molecular complexity index is 1030. The fraction of sp³-hybridized carbons (Fsp3) is 0.150. The summed E-state index contributed by atoms with van der Waals surface area (Å²) in [6, 6.07) is 11.9. The third kappa shape index (κ3) is 3.13. The van der Waals surface area contributed by atoms with Gasteiger partial charge in [0.05, 0.1) is 31.2 Å². The molecule has 3 aromatic rings. The van der Waals surface area contributed by atoms with E-state index in [4.69, 9.17) is 4.74 Å². The predicted molar refractivity (Wildman–Crippen MR) is 97.6 cm³/mol. The molecular weight excluding hydrogens is 368 g/mol. The maximum atomic E-state index is 12.9. The summed E-state index contributed by atoms with van der Waals surface area (Å²) in [7, 11) is 1.58. The molecule has 0 radical (unpaired) electrons. The minimum Gasteiger partial charge on any atom is -0.496 e. The van der Waals surface area contributed by atoms with Crippen molar-refractivity contribution in [1.82, 2.24) is 9.97 Å². The van der Waals surface area contributed by atoms with Gasteiger partial charge in [-0.1, -0.05) is 12.1 Å². The minimum absolute atomic E-state index is 0.209. The fourth-order valence-electron chi connectivity index (χ4n) is 3.20. The number of nitrogens with zero attached hydrogens (tertiary/aromatic N) is 3. The highest BCUT2D eigenvalue weighted by molar-refractivity contribution is 6.11. The number of hydrogen-bond donors (Lipinski definition) is 0. The molecule has 28 heavy (non-hydrogen) atoms. The van der Waals surface area contributed by atoms with Crippen molar-refractivity contribution in [2.24, 2.45) is 0 Å².